The summed E-state index contributed by atoms with van der Waals surface area (Å²) < 4.78 is 40.2. The molecule has 0 aromatic heterocycles. The first-order chi connectivity index (χ1) is 6.97. The van der Waals surface area contributed by atoms with Gasteiger partial charge in [-0.25, -0.2) is 0 Å². The van der Waals surface area contributed by atoms with Crippen LogP contribution in [-0.2, 0) is 9.53 Å². The highest BCUT2D eigenvalue weighted by Crippen LogP contribution is 2.12. The number of ether oxygens (including phenoxy) is 1. The number of nitrogens with one attached hydrogen (secondary N) is 2. The van der Waals surface area contributed by atoms with Crippen LogP contribution >= 0.6 is 12.4 Å². The van der Waals surface area contributed by atoms with Gasteiger partial charge in [0.25, 0.3) is 0 Å². The molecule has 96 valence electrons. The van der Waals surface area contributed by atoms with Gasteiger partial charge in [0.15, 0.2) is 0 Å². The van der Waals surface area contributed by atoms with E-state index in [4.69, 9.17) is 4.74 Å². The van der Waals surface area contributed by atoms with Crippen LogP contribution in [0.2, 0.25) is 0 Å². The molecule has 1 aliphatic heterocycles. The summed E-state index contributed by atoms with van der Waals surface area (Å²) in [6.07, 6.45) is -4.29. The van der Waals surface area contributed by atoms with E-state index in [0.29, 0.717) is 0 Å². The average molecular weight is 263 g/mol. The van der Waals surface area contributed by atoms with E-state index in [1.165, 1.54) is 0 Å². The molecule has 0 unspecified atom stereocenters. The van der Waals surface area contributed by atoms with Gasteiger partial charge in [0.1, 0.15) is 6.54 Å². The Balaban J connectivity index is 0.00000225. The molecule has 1 aliphatic rings. The van der Waals surface area contributed by atoms with Crippen molar-refractivity contribution in [2.45, 2.75) is 18.7 Å². The van der Waals surface area contributed by atoms with Crippen LogP contribution < -0.4 is 10.6 Å². The molecular formula is C8H14ClF3N2O2. The lowest BCUT2D eigenvalue weighted by atomic mass is 10.2. The van der Waals surface area contributed by atoms with E-state index >= 15 is 0 Å². The van der Waals surface area contributed by atoms with Crippen molar-refractivity contribution in [2.75, 3.05) is 26.2 Å². The third-order valence-corrected chi connectivity index (χ3v) is 1.91. The topological polar surface area (TPSA) is 50.4 Å². The van der Waals surface area contributed by atoms with E-state index in [2.05, 4.69) is 5.32 Å². The molecule has 2 N–H and O–H groups in total. The summed E-state index contributed by atoms with van der Waals surface area (Å²) in [4.78, 5) is 10.9. The Morgan fingerprint density at radius 3 is 2.50 bits per heavy atom. The normalized spacial score (nSPS) is 16.2. The van der Waals surface area contributed by atoms with Gasteiger partial charge >= 0.3 is 6.18 Å². The van der Waals surface area contributed by atoms with E-state index in [9.17, 15) is 18.0 Å². The number of carbonyl (C=O) groups is 1. The third-order valence-electron chi connectivity index (χ3n) is 1.91. The van der Waals surface area contributed by atoms with Crippen LogP contribution in [0.5, 0.6) is 0 Å². The fourth-order valence-electron chi connectivity index (χ4n) is 0.986. The zero-order valence-electron chi connectivity index (χ0n) is 8.47. The zero-order valence-corrected chi connectivity index (χ0v) is 9.29. The maximum absolute atomic E-state index is 11.7. The minimum Gasteiger partial charge on any atom is -0.375 e. The second-order valence-electron chi connectivity index (χ2n) is 3.29. The van der Waals surface area contributed by atoms with Crippen molar-refractivity contribution in [3.8, 4) is 0 Å². The fraction of sp³-hybridized carbons (Fsp3) is 0.875. The largest absolute Gasteiger partial charge is 0.405 e. The van der Waals surface area contributed by atoms with Crippen molar-refractivity contribution in [3.63, 3.8) is 0 Å². The smallest absolute Gasteiger partial charge is 0.375 e. The van der Waals surface area contributed by atoms with Crippen molar-refractivity contribution in [3.05, 3.63) is 0 Å². The Bertz CT molecular complexity index is 222. The van der Waals surface area contributed by atoms with Gasteiger partial charge in [-0.2, -0.15) is 13.2 Å². The van der Waals surface area contributed by atoms with E-state index in [1.54, 1.807) is 5.32 Å². The van der Waals surface area contributed by atoms with Crippen molar-refractivity contribution < 1.29 is 22.7 Å². The lowest BCUT2D eigenvalue weighted by Crippen LogP contribution is -2.48. The van der Waals surface area contributed by atoms with Gasteiger partial charge in [0, 0.05) is 19.5 Å². The van der Waals surface area contributed by atoms with Gasteiger partial charge in [-0.15, -0.1) is 12.4 Å². The number of rotatable bonds is 5. The first-order valence-corrected chi connectivity index (χ1v) is 4.63. The summed E-state index contributed by atoms with van der Waals surface area (Å²) in [5, 5.41) is 4.74. The quantitative estimate of drug-likeness (QED) is 0.757. The second kappa shape index (κ2) is 6.93. The van der Waals surface area contributed by atoms with Gasteiger partial charge in [0.2, 0.25) is 5.91 Å². The summed E-state index contributed by atoms with van der Waals surface area (Å²) in [5.41, 5.74) is 0. The number of amides is 1. The third kappa shape index (κ3) is 6.86. The molecule has 1 fully saturated rings. The molecule has 16 heavy (non-hydrogen) atoms. The summed E-state index contributed by atoms with van der Waals surface area (Å²) >= 11 is 0. The average Bonchev–Trinajstić information content (AvgIpc) is 2.04. The number of alkyl halides is 3. The maximum atomic E-state index is 11.7. The molecule has 0 bridgehead atoms. The van der Waals surface area contributed by atoms with Crippen LogP contribution in [-0.4, -0.2) is 44.4 Å². The predicted molar refractivity (Wildman–Crippen MR) is 53.5 cm³/mol. The summed E-state index contributed by atoms with van der Waals surface area (Å²) in [6.45, 7) is 0.362. The molecule has 0 aromatic carbocycles. The van der Waals surface area contributed by atoms with E-state index in [-0.39, 0.29) is 31.5 Å². The summed E-state index contributed by atoms with van der Waals surface area (Å²) in [7, 11) is 0. The molecule has 0 spiro atoms. The number of halogens is 4. The molecule has 1 amide bonds. The minimum atomic E-state index is -4.35. The minimum absolute atomic E-state index is 0. The van der Waals surface area contributed by atoms with E-state index in [0.717, 1.165) is 13.1 Å². The van der Waals surface area contributed by atoms with Crippen LogP contribution in [0.3, 0.4) is 0 Å². The van der Waals surface area contributed by atoms with Crippen LogP contribution in [0.25, 0.3) is 0 Å². The van der Waals surface area contributed by atoms with Crippen LogP contribution in [0.1, 0.15) is 6.42 Å². The Labute approximate surface area is 97.3 Å². The van der Waals surface area contributed by atoms with Crippen molar-refractivity contribution in [1.82, 2.24) is 10.6 Å². The van der Waals surface area contributed by atoms with Crippen molar-refractivity contribution in [2.24, 2.45) is 0 Å². The van der Waals surface area contributed by atoms with E-state index < -0.39 is 18.6 Å². The second-order valence-corrected chi connectivity index (χ2v) is 3.29. The Morgan fingerprint density at radius 2 is 2.06 bits per heavy atom. The molecule has 0 aromatic rings. The highest BCUT2D eigenvalue weighted by atomic mass is 35.5. The summed E-state index contributed by atoms with van der Waals surface area (Å²) in [5.74, 6) is -0.639. The molecule has 1 heterocycles. The summed E-state index contributed by atoms with van der Waals surface area (Å²) in [6, 6.07) is 0. The number of carbonyl (C=O) groups excluding carboxylic acids is 1. The molecule has 0 atom stereocenters. The number of hydrogen-bond acceptors (Lipinski definition) is 3. The maximum Gasteiger partial charge on any atom is 0.405 e. The van der Waals surface area contributed by atoms with Crippen LogP contribution in [0.15, 0.2) is 0 Å². The Hall–Kier alpha value is -0.530. The molecular weight excluding hydrogens is 249 g/mol. The van der Waals surface area contributed by atoms with Crippen LogP contribution in [0, 0.1) is 0 Å². The molecule has 0 aliphatic carbocycles. The fourth-order valence-corrected chi connectivity index (χ4v) is 0.986. The van der Waals surface area contributed by atoms with Crippen molar-refractivity contribution in [1.29, 1.82) is 0 Å². The molecule has 4 nitrogen and oxygen atoms in total. The molecule has 0 radical (unpaired) electrons. The molecule has 1 saturated heterocycles. The predicted octanol–water partition coefficient (Wildman–Crippen LogP) is 0.465. The van der Waals surface area contributed by atoms with Crippen LogP contribution in [0.4, 0.5) is 13.2 Å². The van der Waals surface area contributed by atoms with Gasteiger partial charge in [-0.1, -0.05) is 0 Å². The molecule has 0 saturated carbocycles. The lowest BCUT2D eigenvalue weighted by molar-refractivity contribution is -0.139. The Kier molecular flexibility index (Phi) is 6.70. The first-order valence-electron chi connectivity index (χ1n) is 4.63. The first kappa shape index (κ1) is 15.5. The standard InChI is InChI=1S/C8H13F3N2O2.ClH/c9-8(10,11)5-13-7(14)1-2-15-6-3-12-4-6;/h6,12H,1-5H2,(H,13,14);1H. The molecule has 1 rings (SSSR count). The molecule has 8 heteroatoms. The van der Waals surface area contributed by atoms with E-state index in [1.807, 2.05) is 0 Å². The van der Waals surface area contributed by atoms with Gasteiger partial charge in [-0.05, 0) is 0 Å². The lowest BCUT2D eigenvalue weighted by Gasteiger charge is -2.26. The Morgan fingerprint density at radius 1 is 1.44 bits per heavy atom. The monoisotopic (exact) mass is 262 g/mol. The highest BCUT2D eigenvalue weighted by molar-refractivity contribution is 5.85. The SMILES string of the molecule is Cl.O=C(CCOC1CNC1)NCC(F)(F)F. The zero-order chi connectivity index (χ0) is 11.3. The van der Waals surface area contributed by atoms with Crippen molar-refractivity contribution >= 4 is 18.3 Å². The van der Waals surface area contributed by atoms with Gasteiger partial charge in [-0.3, -0.25) is 4.79 Å². The highest BCUT2D eigenvalue weighted by Gasteiger charge is 2.27. The van der Waals surface area contributed by atoms with Gasteiger partial charge in [0.05, 0.1) is 12.7 Å². The number of hydrogen-bond donors (Lipinski definition) is 2. The van der Waals surface area contributed by atoms with Gasteiger partial charge < -0.3 is 15.4 Å².